The third-order valence-electron chi connectivity index (χ3n) is 3.23. The van der Waals surface area contributed by atoms with Gasteiger partial charge in [-0.05, 0) is 37.7 Å². The number of allylic oxidation sites excluding steroid dienone is 1. The highest BCUT2D eigenvalue weighted by molar-refractivity contribution is 5.27. The first-order valence-corrected chi connectivity index (χ1v) is 5.48. The minimum absolute atomic E-state index is 0.101. The molecule has 2 N–H and O–H groups in total. The van der Waals surface area contributed by atoms with Gasteiger partial charge in [0.15, 0.2) is 0 Å². The van der Waals surface area contributed by atoms with Gasteiger partial charge in [0.25, 0.3) is 0 Å². The van der Waals surface area contributed by atoms with Gasteiger partial charge in [-0.2, -0.15) is 0 Å². The maximum Gasteiger partial charge on any atom is 0.0394 e. The standard InChI is InChI=1S/C13H27N/c1-9(2)11(10(3)4)13(8,14)12(5,6)7/h9H,14H2,1-8H3. The van der Waals surface area contributed by atoms with E-state index in [1.807, 2.05) is 0 Å². The minimum atomic E-state index is -0.222. The second-order valence-corrected chi connectivity index (χ2v) is 6.02. The summed E-state index contributed by atoms with van der Waals surface area (Å²) >= 11 is 0. The van der Waals surface area contributed by atoms with E-state index in [9.17, 15) is 0 Å². The molecule has 0 bridgehead atoms. The van der Waals surface area contributed by atoms with Crippen LogP contribution in [0.2, 0.25) is 0 Å². The van der Waals surface area contributed by atoms with Crippen molar-refractivity contribution in [1.82, 2.24) is 0 Å². The number of hydrogen-bond acceptors (Lipinski definition) is 1. The van der Waals surface area contributed by atoms with E-state index >= 15 is 0 Å². The first kappa shape index (κ1) is 13.7. The van der Waals surface area contributed by atoms with Gasteiger partial charge in [-0.1, -0.05) is 40.2 Å². The van der Waals surface area contributed by atoms with Crippen molar-refractivity contribution in [2.75, 3.05) is 0 Å². The van der Waals surface area contributed by atoms with Crippen molar-refractivity contribution in [1.29, 1.82) is 0 Å². The summed E-state index contributed by atoms with van der Waals surface area (Å²) in [5.74, 6) is 0.522. The van der Waals surface area contributed by atoms with Crippen LogP contribution in [-0.4, -0.2) is 5.54 Å². The van der Waals surface area contributed by atoms with E-state index in [1.165, 1.54) is 11.1 Å². The van der Waals surface area contributed by atoms with Gasteiger partial charge < -0.3 is 5.73 Å². The van der Waals surface area contributed by atoms with Gasteiger partial charge in [0.1, 0.15) is 0 Å². The van der Waals surface area contributed by atoms with E-state index in [2.05, 4.69) is 55.4 Å². The second kappa shape index (κ2) is 4.06. The van der Waals surface area contributed by atoms with Crippen molar-refractivity contribution in [3.63, 3.8) is 0 Å². The summed E-state index contributed by atoms with van der Waals surface area (Å²) in [6.07, 6.45) is 0. The molecule has 0 fully saturated rings. The monoisotopic (exact) mass is 197 g/mol. The van der Waals surface area contributed by atoms with Crippen molar-refractivity contribution >= 4 is 0 Å². The molecule has 0 aromatic heterocycles. The zero-order chi connectivity index (χ0) is 11.7. The van der Waals surface area contributed by atoms with Crippen molar-refractivity contribution in [3.8, 4) is 0 Å². The fraction of sp³-hybridized carbons (Fsp3) is 0.846. The zero-order valence-corrected chi connectivity index (χ0v) is 11.2. The zero-order valence-electron chi connectivity index (χ0n) is 11.2. The lowest BCUT2D eigenvalue weighted by molar-refractivity contribution is 0.233. The van der Waals surface area contributed by atoms with Crippen LogP contribution in [0.4, 0.5) is 0 Å². The molecular weight excluding hydrogens is 170 g/mol. The predicted molar refractivity (Wildman–Crippen MR) is 65.3 cm³/mol. The average Bonchev–Trinajstić information content (AvgIpc) is 1.79. The Labute approximate surface area is 89.8 Å². The van der Waals surface area contributed by atoms with Gasteiger partial charge in [-0.15, -0.1) is 0 Å². The lowest BCUT2D eigenvalue weighted by Gasteiger charge is -2.43. The molecule has 0 aliphatic carbocycles. The summed E-state index contributed by atoms with van der Waals surface area (Å²) in [5, 5.41) is 0. The summed E-state index contributed by atoms with van der Waals surface area (Å²) in [7, 11) is 0. The Kier molecular flexibility index (Phi) is 3.97. The van der Waals surface area contributed by atoms with Gasteiger partial charge in [-0.3, -0.25) is 0 Å². The molecule has 84 valence electrons. The van der Waals surface area contributed by atoms with E-state index < -0.39 is 0 Å². The SMILES string of the molecule is CC(C)=C(C(C)C)C(C)(N)C(C)(C)C. The summed E-state index contributed by atoms with van der Waals surface area (Å²) < 4.78 is 0. The van der Waals surface area contributed by atoms with Crippen molar-refractivity contribution < 1.29 is 0 Å². The smallest absolute Gasteiger partial charge is 0.0394 e. The third kappa shape index (κ3) is 2.60. The van der Waals surface area contributed by atoms with Crippen LogP contribution in [0.5, 0.6) is 0 Å². The molecule has 1 heteroatoms. The minimum Gasteiger partial charge on any atom is -0.321 e. The van der Waals surface area contributed by atoms with E-state index in [1.54, 1.807) is 0 Å². The fourth-order valence-electron chi connectivity index (χ4n) is 2.10. The predicted octanol–water partition coefficient (Wildman–Crippen LogP) is 3.74. The van der Waals surface area contributed by atoms with Crippen LogP contribution in [0.1, 0.15) is 55.4 Å². The van der Waals surface area contributed by atoms with Crippen molar-refractivity contribution in [3.05, 3.63) is 11.1 Å². The van der Waals surface area contributed by atoms with Crippen LogP contribution in [0.15, 0.2) is 11.1 Å². The maximum atomic E-state index is 6.48. The van der Waals surface area contributed by atoms with Gasteiger partial charge in [0.05, 0.1) is 0 Å². The van der Waals surface area contributed by atoms with Crippen LogP contribution in [0.25, 0.3) is 0 Å². The van der Waals surface area contributed by atoms with Gasteiger partial charge in [-0.25, -0.2) is 0 Å². The molecular formula is C13H27N. The molecule has 0 aliphatic heterocycles. The summed E-state index contributed by atoms with van der Waals surface area (Å²) in [4.78, 5) is 0. The highest BCUT2D eigenvalue weighted by Crippen LogP contribution is 2.38. The summed E-state index contributed by atoms with van der Waals surface area (Å²) in [5.41, 5.74) is 9.12. The molecule has 1 atom stereocenters. The molecule has 14 heavy (non-hydrogen) atoms. The maximum absolute atomic E-state index is 6.48. The molecule has 0 saturated carbocycles. The summed E-state index contributed by atoms with van der Waals surface area (Å²) in [6, 6.07) is 0. The molecule has 1 unspecified atom stereocenters. The summed E-state index contributed by atoms with van der Waals surface area (Å²) in [6.45, 7) is 17.5. The third-order valence-corrected chi connectivity index (χ3v) is 3.23. The fourth-order valence-corrected chi connectivity index (χ4v) is 2.10. The lowest BCUT2D eigenvalue weighted by Crippen LogP contribution is -2.51. The average molecular weight is 197 g/mol. The highest BCUT2D eigenvalue weighted by atomic mass is 14.8. The van der Waals surface area contributed by atoms with E-state index in [4.69, 9.17) is 5.73 Å². The molecule has 0 heterocycles. The number of rotatable bonds is 2. The van der Waals surface area contributed by atoms with Gasteiger partial charge in [0, 0.05) is 5.54 Å². The molecule has 0 aromatic carbocycles. The molecule has 0 aliphatic rings. The van der Waals surface area contributed by atoms with E-state index in [0.717, 1.165) is 0 Å². The molecule has 0 amide bonds. The normalized spacial score (nSPS) is 16.7. The first-order valence-electron chi connectivity index (χ1n) is 5.48. The quantitative estimate of drug-likeness (QED) is 0.670. The van der Waals surface area contributed by atoms with Crippen molar-refractivity contribution in [2.24, 2.45) is 17.1 Å². The Morgan fingerprint density at radius 2 is 1.36 bits per heavy atom. The van der Waals surface area contributed by atoms with Crippen molar-refractivity contribution in [2.45, 2.75) is 60.9 Å². The van der Waals surface area contributed by atoms with E-state index in [0.29, 0.717) is 5.92 Å². The molecule has 0 spiro atoms. The van der Waals surface area contributed by atoms with Gasteiger partial charge in [0.2, 0.25) is 0 Å². The Bertz CT molecular complexity index is 222. The lowest BCUT2D eigenvalue weighted by atomic mass is 9.67. The largest absolute Gasteiger partial charge is 0.321 e. The molecule has 1 nitrogen and oxygen atoms in total. The molecule has 0 aromatic rings. The molecule has 0 radical (unpaired) electrons. The highest BCUT2D eigenvalue weighted by Gasteiger charge is 2.38. The Morgan fingerprint density at radius 1 is 1.00 bits per heavy atom. The van der Waals surface area contributed by atoms with E-state index in [-0.39, 0.29) is 11.0 Å². The van der Waals surface area contributed by atoms with Gasteiger partial charge >= 0.3 is 0 Å². The van der Waals surface area contributed by atoms with Crippen LogP contribution in [0, 0.1) is 11.3 Å². The van der Waals surface area contributed by atoms with Crippen LogP contribution in [0.3, 0.4) is 0 Å². The molecule has 0 saturated heterocycles. The van der Waals surface area contributed by atoms with Crippen LogP contribution >= 0.6 is 0 Å². The topological polar surface area (TPSA) is 26.0 Å². The first-order chi connectivity index (χ1) is 6.01. The Balaban J connectivity index is 5.36. The number of hydrogen-bond donors (Lipinski definition) is 1. The Hall–Kier alpha value is -0.300. The molecule has 0 rings (SSSR count). The van der Waals surface area contributed by atoms with Crippen LogP contribution < -0.4 is 5.73 Å². The number of nitrogens with two attached hydrogens (primary N) is 1. The Morgan fingerprint density at radius 3 is 1.43 bits per heavy atom. The van der Waals surface area contributed by atoms with Crippen LogP contribution in [-0.2, 0) is 0 Å². The second-order valence-electron chi connectivity index (χ2n) is 6.02.